The molecule has 0 spiro atoms. The Bertz CT molecular complexity index is 413. The summed E-state index contributed by atoms with van der Waals surface area (Å²) >= 11 is 0. The lowest BCUT2D eigenvalue weighted by Crippen LogP contribution is -2.63. The molecule has 0 unspecified atom stereocenters. The molecule has 1 heterocycles. The first-order valence-corrected chi connectivity index (χ1v) is 5.60. The first-order chi connectivity index (χ1) is 8.03. The Hall–Kier alpha value is -1.83. The van der Waals surface area contributed by atoms with Crippen molar-refractivity contribution in [1.29, 1.82) is 0 Å². The maximum absolute atomic E-state index is 12.2. The van der Waals surface area contributed by atoms with E-state index >= 15 is 0 Å². The zero-order valence-corrected chi connectivity index (χ0v) is 10.3. The number of rotatable bonds is 3. The SMILES string of the molecule is CC#CCN1C(=O)NC(=O)C(CC)(CC)C1=O. The van der Waals surface area contributed by atoms with Crippen molar-refractivity contribution in [3.05, 3.63) is 0 Å². The second-order valence-corrected chi connectivity index (χ2v) is 3.87. The average Bonchev–Trinajstić information content (AvgIpc) is 2.30. The summed E-state index contributed by atoms with van der Waals surface area (Å²) in [6.45, 7) is 5.18. The molecule has 5 heteroatoms. The van der Waals surface area contributed by atoms with Gasteiger partial charge in [0.1, 0.15) is 5.41 Å². The van der Waals surface area contributed by atoms with Crippen LogP contribution in [0.5, 0.6) is 0 Å². The fraction of sp³-hybridized carbons (Fsp3) is 0.583. The molecule has 92 valence electrons. The van der Waals surface area contributed by atoms with Crippen molar-refractivity contribution in [2.75, 3.05) is 6.54 Å². The number of hydrogen-bond acceptors (Lipinski definition) is 3. The summed E-state index contributed by atoms with van der Waals surface area (Å²) in [6, 6.07) is -0.680. The van der Waals surface area contributed by atoms with E-state index in [9.17, 15) is 14.4 Å². The van der Waals surface area contributed by atoms with Crippen molar-refractivity contribution in [1.82, 2.24) is 10.2 Å². The van der Waals surface area contributed by atoms with Crippen molar-refractivity contribution in [2.45, 2.75) is 33.6 Å². The molecule has 0 atom stereocenters. The van der Waals surface area contributed by atoms with E-state index in [0.717, 1.165) is 4.90 Å². The van der Waals surface area contributed by atoms with Crippen LogP contribution in [0.25, 0.3) is 0 Å². The summed E-state index contributed by atoms with van der Waals surface area (Å²) in [5.74, 6) is 4.34. The van der Waals surface area contributed by atoms with Gasteiger partial charge < -0.3 is 0 Å². The van der Waals surface area contributed by atoms with E-state index in [0.29, 0.717) is 12.8 Å². The zero-order valence-electron chi connectivity index (χ0n) is 10.3. The number of hydrogen-bond donors (Lipinski definition) is 1. The van der Waals surface area contributed by atoms with Crippen LogP contribution in [-0.2, 0) is 9.59 Å². The zero-order chi connectivity index (χ0) is 13.1. The first-order valence-electron chi connectivity index (χ1n) is 5.60. The second kappa shape index (κ2) is 5.00. The van der Waals surface area contributed by atoms with Gasteiger partial charge in [0, 0.05) is 0 Å². The van der Waals surface area contributed by atoms with Gasteiger partial charge in [-0.3, -0.25) is 19.8 Å². The van der Waals surface area contributed by atoms with Crippen LogP contribution in [0.15, 0.2) is 0 Å². The molecule has 0 saturated carbocycles. The van der Waals surface area contributed by atoms with Crippen LogP contribution in [-0.4, -0.2) is 29.3 Å². The average molecular weight is 236 g/mol. The molecule has 1 saturated heterocycles. The Labute approximate surface area is 101 Å². The van der Waals surface area contributed by atoms with Crippen molar-refractivity contribution >= 4 is 17.8 Å². The number of carbonyl (C=O) groups is 3. The molecule has 17 heavy (non-hydrogen) atoms. The van der Waals surface area contributed by atoms with Gasteiger partial charge in [-0.15, -0.1) is 5.92 Å². The second-order valence-electron chi connectivity index (χ2n) is 3.87. The van der Waals surface area contributed by atoms with Gasteiger partial charge in [0.05, 0.1) is 6.54 Å². The van der Waals surface area contributed by atoms with Crippen LogP contribution in [0.3, 0.4) is 0 Å². The Morgan fingerprint density at radius 2 is 1.82 bits per heavy atom. The Kier molecular flexibility index (Phi) is 3.89. The predicted octanol–water partition coefficient (Wildman–Crippen LogP) is 0.894. The molecule has 1 aliphatic heterocycles. The van der Waals surface area contributed by atoms with Gasteiger partial charge in [-0.05, 0) is 19.8 Å². The third kappa shape index (κ3) is 2.03. The van der Waals surface area contributed by atoms with Gasteiger partial charge in [-0.1, -0.05) is 19.8 Å². The monoisotopic (exact) mass is 236 g/mol. The summed E-state index contributed by atoms with van der Waals surface area (Å²) in [7, 11) is 0. The van der Waals surface area contributed by atoms with E-state index in [4.69, 9.17) is 0 Å². The Morgan fingerprint density at radius 1 is 1.24 bits per heavy atom. The van der Waals surface area contributed by atoms with Crippen molar-refractivity contribution in [3.8, 4) is 11.8 Å². The van der Waals surface area contributed by atoms with Crippen LogP contribution in [0.2, 0.25) is 0 Å². The highest BCUT2D eigenvalue weighted by atomic mass is 16.2. The lowest BCUT2D eigenvalue weighted by molar-refractivity contribution is -0.151. The molecule has 0 radical (unpaired) electrons. The maximum atomic E-state index is 12.2. The van der Waals surface area contributed by atoms with E-state index < -0.39 is 23.3 Å². The lowest BCUT2D eigenvalue weighted by Gasteiger charge is -2.37. The summed E-state index contributed by atoms with van der Waals surface area (Å²) in [5.41, 5.74) is -1.12. The number of urea groups is 1. The van der Waals surface area contributed by atoms with Gasteiger partial charge in [-0.25, -0.2) is 4.79 Å². The predicted molar refractivity (Wildman–Crippen MR) is 61.7 cm³/mol. The number of nitrogens with one attached hydrogen (secondary N) is 1. The fourth-order valence-electron chi connectivity index (χ4n) is 1.91. The Balaban J connectivity index is 3.09. The summed E-state index contributed by atoms with van der Waals surface area (Å²) in [6.07, 6.45) is 0.745. The van der Waals surface area contributed by atoms with Crippen molar-refractivity contribution < 1.29 is 14.4 Å². The third-order valence-electron chi connectivity index (χ3n) is 3.18. The highest BCUT2D eigenvalue weighted by molar-refractivity contribution is 6.19. The highest BCUT2D eigenvalue weighted by Crippen LogP contribution is 2.32. The molecule has 1 N–H and O–H groups in total. The minimum atomic E-state index is -1.12. The summed E-state index contributed by atoms with van der Waals surface area (Å²) < 4.78 is 0. The summed E-state index contributed by atoms with van der Waals surface area (Å²) in [4.78, 5) is 36.6. The number of barbiturate groups is 1. The van der Waals surface area contributed by atoms with Crippen molar-refractivity contribution in [2.24, 2.45) is 5.41 Å². The quantitative estimate of drug-likeness (QED) is 0.584. The number of nitrogens with zero attached hydrogens (tertiary/aromatic N) is 1. The van der Waals surface area contributed by atoms with Crippen LogP contribution in [0.4, 0.5) is 4.79 Å². The van der Waals surface area contributed by atoms with Gasteiger partial charge in [0.25, 0.3) is 0 Å². The molecular formula is C12H16N2O3. The molecule has 0 aromatic heterocycles. The molecule has 4 amide bonds. The number of carbonyl (C=O) groups excluding carboxylic acids is 3. The van der Waals surface area contributed by atoms with Crippen LogP contribution >= 0.6 is 0 Å². The minimum absolute atomic E-state index is 0.0240. The lowest BCUT2D eigenvalue weighted by atomic mass is 9.78. The molecule has 5 nitrogen and oxygen atoms in total. The van der Waals surface area contributed by atoms with Crippen molar-refractivity contribution in [3.63, 3.8) is 0 Å². The maximum Gasteiger partial charge on any atom is 0.331 e. The first kappa shape index (κ1) is 13.2. The van der Waals surface area contributed by atoms with E-state index in [1.807, 2.05) is 0 Å². The molecule has 1 fully saturated rings. The topological polar surface area (TPSA) is 66.5 Å². The number of imide groups is 2. The van der Waals surface area contributed by atoms with Gasteiger partial charge >= 0.3 is 6.03 Å². The van der Waals surface area contributed by atoms with Crippen LogP contribution in [0.1, 0.15) is 33.6 Å². The molecule has 1 rings (SSSR count). The minimum Gasteiger partial charge on any atom is -0.277 e. The third-order valence-corrected chi connectivity index (χ3v) is 3.18. The van der Waals surface area contributed by atoms with Crippen LogP contribution < -0.4 is 5.32 Å². The van der Waals surface area contributed by atoms with E-state index in [1.54, 1.807) is 20.8 Å². The van der Waals surface area contributed by atoms with E-state index in [2.05, 4.69) is 17.2 Å². The Morgan fingerprint density at radius 3 is 2.29 bits per heavy atom. The smallest absolute Gasteiger partial charge is 0.277 e. The molecule has 0 aromatic carbocycles. The molecule has 0 aromatic rings. The van der Waals surface area contributed by atoms with E-state index in [-0.39, 0.29) is 6.54 Å². The molecule has 0 bridgehead atoms. The largest absolute Gasteiger partial charge is 0.331 e. The van der Waals surface area contributed by atoms with E-state index in [1.165, 1.54) is 0 Å². The number of amides is 4. The molecular weight excluding hydrogens is 220 g/mol. The van der Waals surface area contributed by atoms with Crippen LogP contribution in [0, 0.1) is 17.3 Å². The summed E-state index contributed by atoms with van der Waals surface area (Å²) in [5, 5.41) is 2.22. The molecule has 1 aliphatic rings. The fourth-order valence-corrected chi connectivity index (χ4v) is 1.91. The highest BCUT2D eigenvalue weighted by Gasteiger charge is 2.51. The van der Waals surface area contributed by atoms with Gasteiger partial charge in [0.2, 0.25) is 11.8 Å². The normalized spacial score (nSPS) is 18.5. The van der Waals surface area contributed by atoms with Gasteiger partial charge in [0.15, 0.2) is 0 Å². The van der Waals surface area contributed by atoms with Gasteiger partial charge in [-0.2, -0.15) is 0 Å². The molecule has 0 aliphatic carbocycles. The standard InChI is InChI=1S/C12H16N2O3/c1-4-7-8-14-10(16)12(5-2,6-3)9(15)13-11(14)17/h5-6,8H2,1-3H3,(H,13,15,17).